The summed E-state index contributed by atoms with van der Waals surface area (Å²) in [7, 11) is 2.24. The predicted octanol–water partition coefficient (Wildman–Crippen LogP) is 2.45. The van der Waals surface area contributed by atoms with Gasteiger partial charge in [-0.1, -0.05) is 42.5 Å². The van der Waals surface area contributed by atoms with E-state index in [4.69, 9.17) is 5.73 Å². The topological polar surface area (TPSA) is 32.5 Å². The highest BCUT2D eigenvalue weighted by molar-refractivity contribution is 5.85. The zero-order valence-electron chi connectivity index (χ0n) is 13.3. The van der Waals surface area contributed by atoms with E-state index in [0.29, 0.717) is 18.1 Å². The van der Waals surface area contributed by atoms with Crippen LogP contribution in [0.15, 0.2) is 42.5 Å². The molecule has 3 nitrogen and oxygen atoms in total. The predicted molar refractivity (Wildman–Crippen MR) is 91.8 cm³/mol. The van der Waals surface area contributed by atoms with E-state index in [1.54, 1.807) is 0 Å². The molecule has 2 unspecified atom stereocenters. The van der Waals surface area contributed by atoms with Crippen molar-refractivity contribution >= 4 is 10.8 Å². The Kier molecular flexibility index (Phi) is 3.65. The molecule has 2 fully saturated rings. The van der Waals surface area contributed by atoms with Crippen molar-refractivity contribution in [1.82, 2.24) is 9.80 Å². The minimum absolute atomic E-state index is 0.382. The van der Waals surface area contributed by atoms with E-state index in [9.17, 15) is 0 Å². The number of benzene rings is 2. The van der Waals surface area contributed by atoms with Crippen molar-refractivity contribution in [3.63, 3.8) is 0 Å². The van der Waals surface area contributed by atoms with Gasteiger partial charge in [-0.15, -0.1) is 0 Å². The van der Waals surface area contributed by atoms with Gasteiger partial charge in [0.15, 0.2) is 0 Å². The third kappa shape index (κ3) is 2.54. The Morgan fingerprint density at radius 1 is 1.00 bits per heavy atom. The van der Waals surface area contributed by atoms with E-state index >= 15 is 0 Å². The number of piperazine rings is 1. The molecule has 22 heavy (non-hydrogen) atoms. The van der Waals surface area contributed by atoms with E-state index in [1.807, 2.05) is 0 Å². The number of likely N-dealkylation sites (N-methyl/N-ethyl adjacent to an activating group) is 1. The number of likely N-dealkylation sites (tertiary alicyclic amines) is 1. The first-order chi connectivity index (χ1) is 10.7. The Balaban J connectivity index is 1.65. The molecule has 0 amide bonds. The normalized spacial score (nSPS) is 29.8. The maximum absolute atomic E-state index is 6.27. The first-order valence-corrected chi connectivity index (χ1v) is 8.37. The van der Waals surface area contributed by atoms with E-state index in [1.165, 1.54) is 16.3 Å². The summed E-state index contributed by atoms with van der Waals surface area (Å²) in [6.45, 7) is 3.35. The summed E-state index contributed by atoms with van der Waals surface area (Å²) in [5, 5.41) is 2.74. The second kappa shape index (κ2) is 5.65. The minimum atomic E-state index is 0.382. The Morgan fingerprint density at radius 2 is 1.68 bits per heavy atom. The van der Waals surface area contributed by atoms with Crippen LogP contribution in [0.3, 0.4) is 0 Å². The highest BCUT2D eigenvalue weighted by Gasteiger charge is 2.38. The molecule has 2 saturated heterocycles. The molecule has 0 saturated carbocycles. The van der Waals surface area contributed by atoms with Crippen LogP contribution in [0.1, 0.15) is 18.4 Å². The van der Waals surface area contributed by atoms with Gasteiger partial charge in [-0.3, -0.25) is 4.90 Å². The van der Waals surface area contributed by atoms with Crippen molar-refractivity contribution in [2.45, 2.75) is 37.5 Å². The number of nitrogens with two attached hydrogens (primary N) is 1. The van der Waals surface area contributed by atoms with E-state index in [-0.39, 0.29) is 0 Å². The van der Waals surface area contributed by atoms with Gasteiger partial charge in [0.25, 0.3) is 0 Å². The second-order valence-electron chi connectivity index (χ2n) is 7.07. The van der Waals surface area contributed by atoms with Crippen molar-refractivity contribution in [1.29, 1.82) is 0 Å². The molecule has 2 bridgehead atoms. The lowest BCUT2D eigenvalue weighted by atomic mass is 9.87. The van der Waals surface area contributed by atoms with Crippen LogP contribution in [0.4, 0.5) is 0 Å². The fraction of sp³-hybridized carbons (Fsp3) is 0.474. The zero-order valence-corrected chi connectivity index (χ0v) is 13.3. The van der Waals surface area contributed by atoms with Crippen LogP contribution in [0.2, 0.25) is 0 Å². The van der Waals surface area contributed by atoms with Gasteiger partial charge >= 0.3 is 0 Å². The maximum atomic E-state index is 6.27. The van der Waals surface area contributed by atoms with E-state index in [0.717, 1.165) is 32.5 Å². The summed E-state index contributed by atoms with van der Waals surface area (Å²) in [5.41, 5.74) is 7.72. The van der Waals surface area contributed by atoms with Gasteiger partial charge in [-0.2, -0.15) is 0 Å². The molecule has 3 heteroatoms. The zero-order chi connectivity index (χ0) is 15.1. The van der Waals surface area contributed by atoms with Gasteiger partial charge in [-0.05, 0) is 36.2 Å². The molecule has 2 aromatic carbocycles. The molecule has 0 aliphatic carbocycles. The molecule has 2 aliphatic rings. The summed E-state index contributed by atoms with van der Waals surface area (Å²) in [6.07, 6.45) is 2.26. The van der Waals surface area contributed by atoms with Crippen molar-refractivity contribution in [2.75, 3.05) is 20.1 Å². The third-order valence-corrected chi connectivity index (χ3v) is 5.37. The lowest BCUT2D eigenvalue weighted by Gasteiger charge is -2.51. The SMILES string of the molecule is CN1CC2CC(N)CC(C1)N2Cc1cccc2ccccc12. The molecule has 2 aromatic rings. The largest absolute Gasteiger partial charge is 0.328 e. The van der Waals surface area contributed by atoms with Crippen LogP contribution in [0.25, 0.3) is 10.8 Å². The summed E-state index contributed by atoms with van der Waals surface area (Å²) < 4.78 is 0. The van der Waals surface area contributed by atoms with Crippen molar-refractivity contribution in [3.8, 4) is 0 Å². The number of nitrogens with zero attached hydrogens (tertiary/aromatic N) is 2. The Hall–Kier alpha value is -1.42. The Morgan fingerprint density at radius 3 is 2.45 bits per heavy atom. The van der Waals surface area contributed by atoms with Crippen molar-refractivity contribution < 1.29 is 0 Å². The van der Waals surface area contributed by atoms with Crippen LogP contribution in [-0.4, -0.2) is 48.1 Å². The summed E-state index contributed by atoms with van der Waals surface area (Å²) >= 11 is 0. The number of rotatable bonds is 2. The van der Waals surface area contributed by atoms with E-state index < -0.39 is 0 Å². The molecular formula is C19H25N3. The standard InChI is InChI=1S/C19H25N3/c1-21-12-17-9-16(20)10-18(13-21)22(17)11-15-7-4-6-14-5-2-3-8-19(14)15/h2-8,16-18H,9-13,20H2,1H3. The molecule has 0 aromatic heterocycles. The maximum Gasteiger partial charge on any atom is 0.0246 e. The molecule has 2 aliphatic heterocycles. The highest BCUT2D eigenvalue weighted by Crippen LogP contribution is 2.30. The third-order valence-electron chi connectivity index (χ3n) is 5.37. The van der Waals surface area contributed by atoms with Crippen LogP contribution in [0.5, 0.6) is 0 Å². The Labute approximate surface area is 132 Å². The molecule has 2 heterocycles. The highest BCUT2D eigenvalue weighted by atomic mass is 15.3. The summed E-state index contributed by atoms with van der Waals surface area (Å²) in [6, 6.07) is 17.0. The monoisotopic (exact) mass is 295 g/mol. The summed E-state index contributed by atoms with van der Waals surface area (Å²) in [4.78, 5) is 5.19. The lowest BCUT2D eigenvalue weighted by molar-refractivity contribution is -0.0115. The number of hydrogen-bond acceptors (Lipinski definition) is 3. The van der Waals surface area contributed by atoms with Crippen molar-refractivity contribution in [3.05, 3.63) is 48.0 Å². The van der Waals surface area contributed by atoms with Crippen LogP contribution >= 0.6 is 0 Å². The molecule has 4 rings (SSSR count). The fourth-order valence-corrected chi connectivity index (χ4v) is 4.40. The fourth-order valence-electron chi connectivity index (χ4n) is 4.40. The minimum Gasteiger partial charge on any atom is -0.328 e. The average molecular weight is 295 g/mol. The average Bonchev–Trinajstić information content (AvgIpc) is 2.49. The number of hydrogen-bond donors (Lipinski definition) is 1. The number of piperidine rings is 1. The number of fused-ring (bicyclic) bond motifs is 3. The van der Waals surface area contributed by atoms with Crippen LogP contribution in [-0.2, 0) is 6.54 Å². The first kappa shape index (κ1) is 14.2. The molecular weight excluding hydrogens is 270 g/mol. The second-order valence-corrected chi connectivity index (χ2v) is 7.07. The molecule has 0 spiro atoms. The van der Waals surface area contributed by atoms with Gasteiger partial charge in [0.1, 0.15) is 0 Å². The van der Waals surface area contributed by atoms with Gasteiger partial charge in [0, 0.05) is 37.8 Å². The molecule has 0 radical (unpaired) electrons. The quantitative estimate of drug-likeness (QED) is 0.923. The molecule has 116 valence electrons. The van der Waals surface area contributed by atoms with Gasteiger partial charge in [-0.25, -0.2) is 0 Å². The van der Waals surface area contributed by atoms with E-state index in [2.05, 4.69) is 59.3 Å². The van der Waals surface area contributed by atoms with Crippen molar-refractivity contribution in [2.24, 2.45) is 5.73 Å². The first-order valence-electron chi connectivity index (χ1n) is 8.37. The smallest absolute Gasteiger partial charge is 0.0246 e. The molecule has 2 N–H and O–H groups in total. The van der Waals surface area contributed by atoms with Crippen LogP contribution < -0.4 is 5.73 Å². The van der Waals surface area contributed by atoms with Gasteiger partial charge in [0.2, 0.25) is 0 Å². The summed E-state index contributed by atoms with van der Waals surface area (Å²) in [5.74, 6) is 0. The van der Waals surface area contributed by atoms with Crippen LogP contribution in [0, 0.1) is 0 Å². The van der Waals surface area contributed by atoms with Gasteiger partial charge < -0.3 is 10.6 Å². The lowest BCUT2D eigenvalue weighted by Crippen LogP contribution is -2.63. The Bertz CT molecular complexity index is 633. The van der Waals surface area contributed by atoms with Gasteiger partial charge in [0.05, 0.1) is 0 Å². The molecule has 2 atom stereocenters.